The highest BCUT2D eigenvalue weighted by Crippen LogP contribution is 2.42. The molecule has 2 heterocycles. The molecule has 124 valence electrons. The van der Waals surface area contributed by atoms with Crippen LogP contribution in [0.25, 0.3) is 0 Å². The lowest BCUT2D eigenvalue weighted by atomic mass is 10.0. The van der Waals surface area contributed by atoms with Crippen molar-refractivity contribution in [2.24, 2.45) is 0 Å². The molecule has 2 fully saturated rings. The lowest BCUT2D eigenvalue weighted by Crippen LogP contribution is -2.56. The fourth-order valence-corrected chi connectivity index (χ4v) is 3.83. The van der Waals surface area contributed by atoms with Gasteiger partial charge in [0, 0.05) is 6.42 Å². The topological polar surface area (TPSA) is 57.2 Å². The Balaban J connectivity index is 2.09. The minimum absolute atomic E-state index is 0.102. The Morgan fingerprint density at radius 1 is 1.19 bits per heavy atom. The summed E-state index contributed by atoms with van der Waals surface area (Å²) in [5, 5.41) is 10.3. The standard InChI is InChI=1S/C15H30O5Si/c1-13(2,3)21(6,7)19-12-8-15(17-9-11(12)16)10-18-14(4,5)20-15/h11-12,16H,8-10H2,1-7H3/t11-,12+,15-/m1/s1. The van der Waals surface area contributed by atoms with Gasteiger partial charge in [-0.3, -0.25) is 0 Å². The number of ether oxygens (including phenoxy) is 3. The predicted octanol–water partition coefficient (Wildman–Crippen LogP) is 2.64. The van der Waals surface area contributed by atoms with E-state index in [2.05, 4.69) is 33.9 Å². The predicted molar refractivity (Wildman–Crippen MR) is 82.5 cm³/mol. The summed E-state index contributed by atoms with van der Waals surface area (Å²) in [4.78, 5) is 0. The molecule has 0 unspecified atom stereocenters. The summed E-state index contributed by atoms with van der Waals surface area (Å²) in [6, 6.07) is 0. The van der Waals surface area contributed by atoms with Crippen molar-refractivity contribution in [1.29, 1.82) is 0 Å². The van der Waals surface area contributed by atoms with Gasteiger partial charge in [-0.25, -0.2) is 0 Å². The Labute approximate surface area is 129 Å². The molecule has 2 rings (SSSR count). The lowest BCUT2D eigenvalue weighted by molar-refractivity contribution is -0.293. The van der Waals surface area contributed by atoms with Crippen molar-refractivity contribution in [3.63, 3.8) is 0 Å². The van der Waals surface area contributed by atoms with Crippen LogP contribution in [0, 0.1) is 0 Å². The molecule has 0 aromatic carbocycles. The summed E-state index contributed by atoms with van der Waals surface area (Å²) in [6.07, 6.45) is -0.376. The van der Waals surface area contributed by atoms with E-state index in [-0.39, 0.29) is 17.7 Å². The van der Waals surface area contributed by atoms with E-state index in [9.17, 15) is 5.11 Å². The van der Waals surface area contributed by atoms with E-state index in [0.29, 0.717) is 13.0 Å². The van der Waals surface area contributed by atoms with Gasteiger partial charge in [-0.15, -0.1) is 0 Å². The highest BCUT2D eigenvalue weighted by Gasteiger charge is 2.53. The van der Waals surface area contributed by atoms with Crippen LogP contribution in [-0.2, 0) is 18.6 Å². The van der Waals surface area contributed by atoms with Gasteiger partial charge in [-0.2, -0.15) is 0 Å². The third kappa shape index (κ3) is 3.68. The Morgan fingerprint density at radius 3 is 2.29 bits per heavy atom. The Hall–Kier alpha value is 0.0169. The monoisotopic (exact) mass is 318 g/mol. The fourth-order valence-electron chi connectivity index (χ4n) is 2.48. The molecule has 3 atom stereocenters. The average molecular weight is 318 g/mol. The molecule has 0 radical (unpaired) electrons. The number of aliphatic hydroxyl groups is 1. The van der Waals surface area contributed by atoms with E-state index in [1.165, 1.54) is 0 Å². The van der Waals surface area contributed by atoms with Gasteiger partial charge in [0.05, 0.1) is 12.7 Å². The SMILES string of the molecule is CC1(C)OC[C@@]2(C[C@H](O[Si](C)(C)C(C)(C)C)[C@H](O)CO2)O1. The van der Waals surface area contributed by atoms with Crippen LogP contribution >= 0.6 is 0 Å². The van der Waals surface area contributed by atoms with Crippen LogP contribution in [0.4, 0.5) is 0 Å². The maximum atomic E-state index is 10.2. The third-order valence-electron chi connectivity index (χ3n) is 4.78. The molecule has 2 aliphatic heterocycles. The largest absolute Gasteiger partial charge is 0.411 e. The molecule has 2 saturated heterocycles. The summed E-state index contributed by atoms with van der Waals surface area (Å²) < 4.78 is 23.7. The molecule has 1 spiro atoms. The molecule has 21 heavy (non-hydrogen) atoms. The molecule has 0 bridgehead atoms. The normalized spacial score (nSPS) is 37.1. The van der Waals surface area contributed by atoms with E-state index in [0.717, 1.165) is 0 Å². The summed E-state index contributed by atoms with van der Waals surface area (Å²) >= 11 is 0. The highest BCUT2D eigenvalue weighted by atomic mass is 28.4. The van der Waals surface area contributed by atoms with Crippen molar-refractivity contribution in [1.82, 2.24) is 0 Å². The van der Waals surface area contributed by atoms with Gasteiger partial charge >= 0.3 is 0 Å². The summed E-state index contributed by atoms with van der Waals surface area (Å²) in [5.41, 5.74) is 0. The van der Waals surface area contributed by atoms with Gasteiger partial charge in [-0.05, 0) is 32.0 Å². The number of hydrogen-bond acceptors (Lipinski definition) is 5. The molecule has 0 amide bonds. The van der Waals surface area contributed by atoms with Crippen LogP contribution in [0.2, 0.25) is 18.1 Å². The van der Waals surface area contributed by atoms with Crippen molar-refractivity contribution in [2.75, 3.05) is 13.2 Å². The second-order valence-electron chi connectivity index (χ2n) is 8.20. The van der Waals surface area contributed by atoms with Crippen molar-refractivity contribution < 1.29 is 23.7 Å². The molecule has 6 heteroatoms. The third-order valence-corrected chi connectivity index (χ3v) is 9.29. The first-order valence-electron chi connectivity index (χ1n) is 7.70. The molecular weight excluding hydrogens is 288 g/mol. The second-order valence-corrected chi connectivity index (χ2v) is 13.0. The molecule has 0 aromatic rings. The quantitative estimate of drug-likeness (QED) is 0.793. The first-order chi connectivity index (χ1) is 9.36. The highest BCUT2D eigenvalue weighted by molar-refractivity contribution is 6.74. The Kier molecular flexibility index (Phi) is 4.37. The van der Waals surface area contributed by atoms with Gasteiger partial charge in [0.2, 0.25) is 0 Å². The number of hydrogen-bond donors (Lipinski definition) is 1. The van der Waals surface area contributed by atoms with E-state index in [1.807, 2.05) is 13.8 Å². The van der Waals surface area contributed by atoms with E-state index < -0.39 is 26.0 Å². The molecular formula is C15H30O5Si. The van der Waals surface area contributed by atoms with Crippen LogP contribution in [-0.4, -0.2) is 50.4 Å². The van der Waals surface area contributed by atoms with Gasteiger partial charge in [-0.1, -0.05) is 20.8 Å². The van der Waals surface area contributed by atoms with Crippen LogP contribution in [0.3, 0.4) is 0 Å². The summed E-state index contributed by atoms with van der Waals surface area (Å²) in [7, 11) is -1.95. The van der Waals surface area contributed by atoms with Crippen LogP contribution in [0.1, 0.15) is 41.0 Å². The fraction of sp³-hybridized carbons (Fsp3) is 1.00. The molecule has 0 aliphatic carbocycles. The first-order valence-corrected chi connectivity index (χ1v) is 10.6. The molecule has 5 nitrogen and oxygen atoms in total. The Morgan fingerprint density at radius 2 is 1.81 bits per heavy atom. The van der Waals surface area contributed by atoms with Crippen molar-refractivity contribution in [2.45, 2.75) is 83.0 Å². The van der Waals surface area contributed by atoms with Gasteiger partial charge < -0.3 is 23.7 Å². The zero-order chi connectivity index (χ0) is 16.1. The van der Waals surface area contributed by atoms with Crippen LogP contribution < -0.4 is 0 Å². The summed E-state index contributed by atoms with van der Waals surface area (Å²) in [5.74, 6) is -1.43. The van der Waals surface area contributed by atoms with E-state index in [4.69, 9.17) is 18.6 Å². The molecule has 0 saturated carbocycles. The van der Waals surface area contributed by atoms with Gasteiger partial charge in [0.15, 0.2) is 19.9 Å². The zero-order valence-corrected chi connectivity index (χ0v) is 15.4. The van der Waals surface area contributed by atoms with Crippen molar-refractivity contribution in [3.8, 4) is 0 Å². The van der Waals surface area contributed by atoms with Gasteiger partial charge in [0.25, 0.3) is 0 Å². The maximum Gasteiger partial charge on any atom is 0.197 e. The summed E-state index contributed by atoms with van der Waals surface area (Å²) in [6.45, 7) is 15.3. The minimum Gasteiger partial charge on any atom is -0.411 e. The Bertz CT molecular complexity index is 390. The number of rotatable bonds is 2. The smallest absolute Gasteiger partial charge is 0.197 e. The lowest BCUT2D eigenvalue weighted by Gasteiger charge is -2.45. The molecule has 2 aliphatic rings. The zero-order valence-electron chi connectivity index (χ0n) is 14.4. The second kappa shape index (κ2) is 5.28. The number of aliphatic hydroxyl groups excluding tert-OH is 1. The van der Waals surface area contributed by atoms with Crippen LogP contribution in [0.5, 0.6) is 0 Å². The van der Waals surface area contributed by atoms with Crippen LogP contribution in [0.15, 0.2) is 0 Å². The van der Waals surface area contributed by atoms with Crippen molar-refractivity contribution in [3.05, 3.63) is 0 Å². The minimum atomic E-state index is -1.95. The van der Waals surface area contributed by atoms with E-state index in [1.54, 1.807) is 0 Å². The van der Waals surface area contributed by atoms with E-state index >= 15 is 0 Å². The average Bonchev–Trinajstić information content (AvgIpc) is 2.58. The van der Waals surface area contributed by atoms with Crippen molar-refractivity contribution >= 4 is 8.32 Å². The molecule has 0 aromatic heterocycles. The molecule has 1 N–H and O–H groups in total. The first kappa shape index (κ1) is 17.4. The van der Waals surface area contributed by atoms with Gasteiger partial charge in [0.1, 0.15) is 12.7 Å². The maximum absolute atomic E-state index is 10.2.